The molecule has 0 spiro atoms. The first-order chi connectivity index (χ1) is 6.50. The van der Waals surface area contributed by atoms with Crippen LogP contribution in [-0.2, 0) is 6.54 Å². The van der Waals surface area contributed by atoms with Crippen LogP contribution in [-0.4, -0.2) is 21.0 Å². The van der Waals surface area contributed by atoms with Gasteiger partial charge in [-0.15, -0.1) is 0 Å². The summed E-state index contributed by atoms with van der Waals surface area (Å²) in [5, 5.41) is 13.5. The molecular formula is C10H16N2O2. The topological polar surface area (TPSA) is 55.1 Å². The summed E-state index contributed by atoms with van der Waals surface area (Å²) in [4.78, 5) is 11.4. The van der Waals surface area contributed by atoms with E-state index in [2.05, 4.69) is 5.10 Å². The van der Waals surface area contributed by atoms with Gasteiger partial charge in [0.05, 0.1) is 18.8 Å². The lowest BCUT2D eigenvalue weighted by atomic mass is 10.1. The van der Waals surface area contributed by atoms with Gasteiger partial charge in [0.25, 0.3) is 5.56 Å². The quantitative estimate of drug-likeness (QED) is 0.769. The number of hydrogen-bond donors (Lipinski definition) is 1. The Balaban J connectivity index is 2.82. The lowest BCUT2D eigenvalue weighted by molar-refractivity contribution is 0.101. The van der Waals surface area contributed by atoms with Gasteiger partial charge >= 0.3 is 0 Å². The van der Waals surface area contributed by atoms with Gasteiger partial charge in [-0.1, -0.05) is 13.8 Å². The molecule has 0 fully saturated rings. The van der Waals surface area contributed by atoms with Crippen LogP contribution in [0.1, 0.15) is 19.4 Å². The number of aliphatic hydroxyl groups is 1. The molecule has 0 bridgehead atoms. The second-order valence-corrected chi connectivity index (χ2v) is 3.86. The minimum Gasteiger partial charge on any atom is -0.391 e. The molecule has 1 atom stereocenters. The number of aliphatic hydroxyl groups excluding tert-OH is 1. The van der Waals surface area contributed by atoms with Crippen molar-refractivity contribution in [3.8, 4) is 0 Å². The Morgan fingerprint density at radius 3 is 2.71 bits per heavy atom. The summed E-state index contributed by atoms with van der Waals surface area (Å²) >= 11 is 0. The van der Waals surface area contributed by atoms with Gasteiger partial charge in [-0.2, -0.15) is 5.10 Å². The van der Waals surface area contributed by atoms with Crippen molar-refractivity contribution in [1.29, 1.82) is 0 Å². The van der Waals surface area contributed by atoms with Crippen molar-refractivity contribution in [2.24, 2.45) is 5.92 Å². The first kappa shape index (κ1) is 10.9. The zero-order chi connectivity index (χ0) is 10.7. The molecule has 0 aliphatic rings. The molecule has 4 heteroatoms. The molecule has 0 saturated heterocycles. The van der Waals surface area contributed by atoms with E-state index in [1.165, 1.54) is 10.7 Å². The summed E-state index contributed by atoms with van der Waals surface area (Å²) in [6.07, 6.45) is 1.09. The second kappa shape index (κ2) is 4.37. The van der Waals surface area contributed by atoms with Crippen molar-refractivity contribution in [1.82, 2.24) is 9.78 Å². The summed E-state index contributed by atoms with van der Waals surface area (Å²) in [5.41, 5.74) is 0.676. The summed E-state index contributed by atoms with van der Waals surface area (Å²) in [5.74, 6) is 0.130. The Bertz CT molecular complexity index is 357. The molecule has 1 aromatic rings. The average molecular weight is 196 g/mol. The summed E-state index contributed by atoms with van der Waals surface area (Å²) in [6.45, 7) is 5.89. The molecule has 1 aromatic heterocycles. The predicted octanol–water partition coefficient (Wildman–Crippen LogP) is 0.569. The van der Waals surface area contributed by atoms with Crippen LogP contribution in [0.4, 0.5) is 0 Å². The standard InChI is InChI=1S/C10H16N2O2/c1-7(2)9(13)6-12-10(14)4-8(3)5-11-12/h4-5,7,9,13H,6H2,1-3H3. The van der Waals surface area contributed by atoms with Gasteiger partial charge in [0.1, 0.15) is 0 Å². The van der Waals surface area contributed by atoms with Gasteiger partial charge in [-0.3, -0.25) is 4.79 Å². The second-order valence-electron chi connectivity index (χ2n) is 3.86. The maximum absolute atomic E-state index is 11.4. The summed E-state index contributed by atoms with van der Waals surface area (Å²) in [6, 6.07) is 1.51. The van der Waals surface area contributed by atoms with E-state index >= 15 is 0 Å². The van der Waals surface area contributed by atoms with Crippen molar-refractivity contribution >= 4 is 0 Å². The van der Waals surface area contributed by atoms with E-state index in [0.29, 0.717) is 0 Å². The molecule has 1 unspecified atom stereocenters. The molecule has 0 aliphatic heterocycles. The van der Waals surface area contributed by atoms with E-state index in [-0.39, 0.29) is 18.0 Å². The van der Waals surface area contributed by atoms with Gasteiger partial charge in [-0.05, 0) is 18.4 Å². The van der Waals surface area contributed by atoms with E-state index < -0.39 is 6.10 Å². The molecule has 0 aliphatic carbocycles. The number of aryl methyl sites for hydroxylation is 1. The number of nitrogens with zero attached hydrogens (tertiary/aromatic N) is 2. The molecule has 1 N–H and O–H groups in total. The van der Waals surface area contributed by atoms with Crippen molar-refractivity contribution in [2.45, 2.75) is 33.4 Å². The average Bonchev–Trinajstić information content (AvgIpc) is 2.09. The molecule has 0 radical (unpaired) electrons. The SMILES string of the molecule is Cc1cnn(CC(O)C(C)C)c(=O)c1. The Hall–Kier alpha value is -1.16. The highest BCUT2D eigenvalue weighted by Crippen LogP contribution is 2.02. The fraction of sp³-hybridized carbons (Fsp3) is 0.600. The van der Waals surface area contributed by atoms with Gasteiger partial charge in [-0.25, -0.2) is 4.68 Å². The Kier molecular flexibility index (Phi) is 3.41. The smallest absolute Gasteiger partial charge is 0.267 e. The van der Waals surface area contributed by atoms with Crippen LogP contribution in [0.2, 0.25) is 0 Å². The van der Waals surface area contributed by atoms with E-state index in [0.717, 1.165) is 5.56 Å². The Morgan fingerprint density at radius 2 is 2.21 bits per heavy atom. The van der Waals surface area contributed by atoms with Gasteiger partial charge < -0.3 is 5.11 Å². The first-order valence-corrected chi connectivity index (χ1v) is 4.72. The van der Waals surface area contributed by atoms with Crippen LogP contribution in [0.3, 0.4) is 0 Å². The maximum atomic E-state index is 11.4. The molecule has 1 rings (SSSR count). The number of hydrogen-bond acceptors (Lipinski definition) is 3. The Morgan fingerprint density at radius 1 is 1.57 bits per heavy atom. The van der Waals surface area contributed by atoms with Crippen LogP contribution in [0.25, 0.3) is 0 Å². The third-order valence-corrected chi connectivity index (χ3v) is 2.14. The normalized spacial score (nSPS) is 13.2. The van der Waals surface area contributed by atoms with Crippen molar-refractivity contribution in [3.05, 3.63) is 28.2 Å². The van der Waals surface area contributed by atoms with Crippen LogP contribution in [0.5, 0.6) is 0 Å². The molecule has 0 amide bonds. The van der Waals surface area contributed by atoms with Gasteiger partial charge in [0.2, 0.25) is 0 Å². The lowest BCUT2D eigenvalue weighted by Gasteiger charge is -2.14. The highest BCUT2D eigenvalue weighted by Gasteiger charge is 2.10. The van der Waals surface area contributed by atoms with Gasteiger partial charge in [0, 0.05) is 6.07 Å². The van der Waals surface area contributed by atoms with Crippen molar-refractivity contribution in [2.75, 3.05) is 0 Å². The molecule has 78 valence electrons. The van der Waals surface area contributed by atoms with Crippen LogP contribution < -0.4 is 5.56 Å². The maximum Gasteiger partial charge on any atom is 0.267 e. The molecule has 14 heavy (non-hydrogen) atoms. The molecular weight excluding hydrogens is 180 g/mol. The Labute approximate surface area is 83.2 Å². The van der Waals surface area contributed by atoms with Gasteiger partial charge in [0.15, 0.2) is 0 Å². The van der Waals surface area contributed by atoms with Crippen molar-refractivity contribution in [3.63, 3.8) is 0 Å². The van der Waals surface area contributed by atoms with Crippen LogP contribution in [0.15, 0.2) is 17.1 Å². The molecule has 1 heterocycles. The molecule has 0 aromatic carbocycles. The van der Waals surface area contributed by atoms with E-state index in [9.17, 15) is 9.90 Å². The minimum atomic E-state index is -0.525. The first-order valence-electron chi connectivity index (χ1n) is 4.72. The summed E-state index contributed by atoms with van der Waals surface area (Å²) < 4.78 is 1.29. The van der Waals surface area contributed by atoms with Crippen molar-refractivity contribution < 1.29 is 5.11 Å². The van der Waals surface area contributed by atoms with E-state index in [1.54, 1.807) is 6.20 Å². The highest BCUT2D eigenvalue weighted by atomic mass is 16.3. The van der Waals surface area contributed by atoms with E-state index in [4.69, 9.17) is 0 Å². The van der Waals surface area contributed by atoms with Crippen LogP contribution in [0, 0.1) is 12.8 Å². The predicted molar refractivity (Wildman–Crippen MR) is 54.1 cm³/mol. The third-order valence-electron chi connectivity index (χ3n) is 2.14. The fourth-order valence-corrected chi connectivity index (χ4v) is 1.05. The van der Waals surface area contributed by atoms with Crippen LogP contribution >= 0.6 is 0 Å². The minimum absolute atomic E-state index is 0.130. The highest BCUT2D eigenvalue weighted by molar-refractivity contribution is 5.02. The molecule has 0 saturated carbocycles. The number of rotatable bonds is 3. The molecule has 4 nitrogen and oxygen atoms in total. The monoisotopic (exact) mass is 196 g/mol. The number of aromatic nitrogens is 2. The lowest BCUT2D eigenvalue weighted by Crippen LogP contribution is -2.30. The zero-order valence-corrected chi connectivity index (χ0v) is 8.77. The summed E-state index contributed by atoms with van der Waals surface area (Å²) in [7, 11) is 0. The van der Waals surface area contributed by atoms with E-state index in [1.807, 2.05) is 20.8 Å². The zero-order valence-electron chi connectivity index (χ0n) is 8.77. The fourth-order valence-electron chi connectivity index (χ4n) is 1.05. The largest absolute Gasteiger partial charge is 0.391 e. The third kappa shape index (κ3) is 2.67.